The second kappa shape index (κ2) is 5.91. The molecule has 84 valence electrons. The summed E-state index contributed by atoms with van der Waals surface area (Å²) in [5.74, 6) is 0. The van der Waals surface area contributed by atoms with Crippen molar-refractivity contribution in [2.75, 3.05) is 0 Å². The summed E-state index contributed by atoms with van der Waals surface area (Å²) in [7, 11) is -1.15. The van der Waals surface area contributed by atoms with E-state index in [4.69, 9.17) is 4.43 Å². The van der Waals surface area contributed by atoms with Crippen molar-refractivity contribution in [3.63, 3.8) is 0 Å². The molecule has 2 heteroatoms. The highest BCUT2D eigenvalue weighted by atomic mass is 28.4. The molecule has 1 saturated heterocycles. The van der Waals surface area contributed by atoms with Gasteiger partial charge in [0, 0.05) is 6.10 Å². The maximum atomic E-state index is 6.36. The Morgan fingerprint density at radius 3 is 2.29 bits per heavy atom. The summed E-state index contributed by atoms with van der Waals surface area (Å²) in [6, 6.07) is 2.83. The molecule has 1 aliphatic rings. The second-order valence-electron chi connectivity index (χ2n) is 4.97. The van der Waals surface area contributed by atoms with Crippen LogP contribution < -0.4 is 0 Å². The fourth-order valence-electron chi connectivity index (χ4n) is 2.21. The van der Waals surface area contributed by atoms with Crippen molar-refractivity contribution in [3.8, 4) is 0 Å². The molecule has 0 N–H and O–H groups in total. The third-order valence-corrected chi connectivity index (χ3v) is 7.08. The van der Waals surface area contributed by atoms with E-state index < -0.39 is 8.32 Å². The first-order valence-corrected chi connectivity index (χ1v) is 9.20. The molecule has 1 fully saturated rings. The molecule has 0 aromatic carbocycles. The van der Waals surface area contributed by atoms with Crippen LogP contribution in [0.1, 0.15) is 52.4 Å². The average molecular weight is 214 g/mol. The van der Waals surface area contributed by atoms with Crippen molar-refractivity contribution in [1.82, 2.24) is 0 Å². The fourth-order valence-corrected chi connectivity index (χ4v) is 4.84. The summed E-state index contributed by atoms with van der Waals surface area (Å²) in [4.78, 5) is 0. The molecule has 0 aromatic rings. The summed E-state index contributed by atoms with van der Waals surface area (Å²) in [6.07, 6.45) is 8.53. The van der Waals surface area contributed by atoms with Gasteiger partial charge in [-0.25, -0.2) is 0 Å². The molecule has 0 radical (unpaired) electrons. The highest BCUT2D eigenvalue weighted by molar-refractivity contribution is 6.75. The van der Waals surface area contributed by atoms with E-state index in [2.05, 4.69) is 20.4 Å². The Balaban J connectivity index is 2.26. The molecule has 0 aromatic heterocycles. The Bertz CT molecular complexity index is 154. The van der Waals surface area contributed by atoms with Gasteiger partial charge >= 0.3 is 0 Å². The van der Waals surface area contributed by atoms with Crippen LogP contribution in [0.5, 0.6) is 0 Å². The lowest BCUT2D eigenvalue weighted by molar-refractivity contribution is 0.157. The zero-order valence-corrected chi connectivity index (χ0v) is 11.1. The lowest BCUT2D eigenvalue weighted by Crippen LogP contribution is -2.44. The van der Waals surface area contributed by atoms with Crippen LogP contribution in [0.4, 0.5) is 0 Å². The molecular formula is C12H26OSi. The molecule has 1 nitrogen and oxygen atoms in total. The predicted molar refractivity (Wildman–Crippen MR) is 65.2 cm³/mol. The molecular weight excluding hydrogens is 188 g/mol. The SMILES string of the molecule is CCCCC(CCC)O[Si]1(C)CCC1. The maximum Gasteiger partial charge on any atom is 0.190 e. The normalized spacial score (nSPS) is 21.6. The van der Waals surface area contributed by atoms with Crippen molar-refractivity contribution in [2.45, 2.75) is 77.1 Å². The Hall–Kier alpha value is 0.177. The van der Waals surface area contributed by atoms with Crippen LogP contribution in [0.25, 0.3) is 0 Å². The summed E-state index contributed by atoms with van der Waals surface area (Å²) in [6.45, 7) is 6.96. The van der Waals surface area contributed by atoms with Gasteiger partial charge in [-0.2, -0.15) is 0 Å². The van der Waals surface area contributed by atoms with Crippen LogP contribution in [-0.2, 0) is 4.43 Å². The highest BCUT2D eigenvalue weighted by Gasteiger charge is 2.38. The first-order chi connectivity index (χ1) is 6.70. The van der Waals surface area contributed by atoms with Crippen LogP contribution in [0, 0.1) is 0 Å². The average Bonchev–Trinajstić information content (AvgIpc) is 2.12. The standard InChI is InChI=1S/C12H26OSi/c1-4-6-9-12(8-5-2)13-14(3)10-7-11-14/h12H,4-11H2,1-3H3. The number of hydrogen-bond acceptors (Lipinski definition) is 1. The Morgan fingerprint density at radius 2 is 1.86 bits per heavy atom. The molecule has 0 spiro atoms. The monoisotopic (exact) mass is 214 g/mol. The van der Waals surface area contributed by atoms with E-state index >= 15 is 0 Å². The van der Waals surface area contributed by atoms with Gasteiger partial charge in [-0.3, -0.25) is 0 Å². The van der Waals surface area contributed by atoms with Crippen LogP contribution in [-0.4, -0.2) is 14.4 Å². The van der Waals surface area contributed by atoms with Crippen molar-refractivity contribution in [2.24, 2.45) is 0 Å². The van der Waals surface area contributed by atoms with Crippen molar-refractivity contribution in [3.05, 3.63) is 0 Å². The molecule has 1 rings (SSSR count). The lowest BCUT2D eigenvalue weighted by atomic mass is 10.1. The van der Waals surface area contributed by atoms with Gasteiger partial charge < -0.3 is 4.43 Å². The van der Waals surface area contributed by atoms with E-state index in [1.165, 1.54) is 50.6 Å². The smallest absolute Gasteiger partial charge is 0.190 e. The summed E-state index contributed by atoms with van der Waals surface area (Å²) < 4.78 is 6.36. The van der Waals surface area contributed by atoms with Gasteiger partial charge in [0.2, 0.25) is 0 Å². The van der Waals surface area contributed by atoms with Crippen LogP contribution >= 0.6 is 0 Å². The van der Waals surface area contributed by atoms with Crippen molar-refractivity contribution >= 4 is 8.32 Å². The van der Waals surface area contributed by atoms with E-state index in [-0.39, 0.29) is 0 Å². The van der Waals surface area contributed by atoms with Crippen LogP contribution in [0.2, 0.25) is 18.6 Å². The lowest BCUT2D eigenvalue weighted by Gasteiger charge is -2.39. The zero-order valence-electron chi connectivity index (χ0n) is 10.1. The molecule has 0 bridgehead atoms. The molecule has 0 amide bonds. The molecule has 0 aliphatic carbocycles. The Labute approximate surface area is 90.4 Å². The van der Waals surface area contributed by atoms with E-state index in [0.717, 1.165) is 0 Å². The van der Waals surface area contributed by atoms with Crippen LogP contribution in [0.15, 0.2) is 0 Å². The van der Waals surface area contributed by atoms with Gasteiger partial charge in [0.15, 0.2) is 8.32 Å². The maximum absolute atomic E-state index is 6.36. The molecule has 1 unspecified atom stereocenters. The molecule has 0 saturated carbocycles. The zero-order chi connectivity index (χ0) is 10.4. The van der Waals surface area contributed by atoms with Crippen molar-refractivity contribution in [1.29, 1.82) is 0 Å². The number of unbranched alkanes of at least 4 members (excludes halogenated alkanes) is 1. The largest absolute Gasteiger partial charge is 0.414 e. The van der Waals surface area contributed by atoms with E-state index in [1.54, 1.807) is 0 Å². The summed E-state index contributed by atoms with van der Waals surface area (Å²) in [5, 5.41) is 0. The molecule has 1 heterocycles. The second-order valence-corrected chi connectivity index (χ2v) is 9.11. The van der Waals surface area contributed by atoms with Gasteiger partial charge in [0.05, 0.1) is 0 Å². The quantitative estimate of drug-likeness (QED) is 0.573. The van der Waals surface area contributed by atoms with Gasteiger partial charge in [-0.1, -0.05) is 39.5 Å². The minimum Gasteiger partial charge on any atom is -0.414 e. The fraction of sp³-hybridized carbons (Fsp3) is 1.00. The van der Waals surface area contributed by atoms with E-state index in [0.29, 0.717) is 6.10 Å². The Kier molecular flexibility index (Phi) is 5.17. The van der Waals surface area contributed by atoms with Crippen LogP contribution in [0.3, 0.4) is 0 Å². The third-order valence-electron chi connectivity index (χ3n) is 3.35. The summed E-state index contributed by atoms with van der Waals surface area (Å²) >= 11 is 0. The first kappa shape index (κ1) is 12.2. The van der Waals surface area contributed by atoms with E-state index in [1.807, 2.05) is 0 Å². The minimum atomic E-state index is -1.15. The molecule has 1 aliphatic heterocycles. The van der Waals surface area contributed by atoms with Crippen molar-refractivity contribution < 1.29 is 4.43 Å². The van der Waals surface area contributed by atoms with Gasteiger partial charge in [-0.05, 0) is 31.5 Å². The topological polar surface area (TPSA) is 9.23 Å². The molecule has 1 atom stereocenters. The Morgan fingerprint density at radius 1 is 1.14 bits per heavy atom. The van der Waals surface area contributed by atoms with Gasteiger partial charge in [0.25, 0.3) is 0 Å². The van der Waals surface area contributed by atoms with Gasteiger partial charge in [-0.15, -0.1) is 0 Å². The highest BCUT2D eigenvalue weighted by Crippen LogP contribution is 2.35. The number of hydrogen-bond donors (Lipinski definition) is 0. The minimum absolute atomic E-state index is 0.594. The first-order valence-electron chi connectivity index (χ1n) is 6.38. The third kappa shape index (κ3) is 3.74. The summed E-state index contributed by atoms with van der Waals surface area (Å²) in [5.41, 5.74) is 0. The van der Waals surface area contributed by atoms with E-state index in [9.17, 15) is 0 Å². The molecule has 14 heavy (non-hydrogen) atoms. The van der Waals surface area contributed by atoms with Gasteiger partial charge in [0.1, 0.15) is 0 Å². The number of rotatable bonds is 7. The predicted octanol–water partition coefficient (Wildman–Crippen LogP) is 4.34.